The number of hydrogen-bond acceptors (Lipinski definition) is 3. The van der Waals surface area contributed by atoms with E-state index in [1.54, 1.807) is 4.90 Å². The lowest BCUT2D eigenvalue weighted by molar-refractivity contribution is -0.000310. The van der Waals surface area contributed by atoms with Crippen molar-refractivity contribution in [2.75, 3.05) is 0 Å². The molecule has 1 aromatic rings. The van der Waals surface area contributed by atoms with Crippen LogP contribution in [-0.4, -0.2) is 32.4 Å². The lowest BCUT2D eigenvalue weighted by atomic mass is 10.1. The third kappa shape index (κ3) is 2.94. The lowest BCUT2D eigenvalue weighted by Gasteiger charge is -2.39. The van der Waals surface area contributed by atoms with Crippen LogP contribution in [-0.2, 0) is 11.3 Å². The second kappa shape index (κ2) is 4.81. The van der Waals surface area contributed by atoms with E-state index >= 15 is 0 Å². The molecule has 0 bridgehead atoms. The molecule has 0 radical (unpaired) electrons. The molecule has 19 heavy (non-hydrogen) atoms. The number of amides is 1. The molecule has 0 spiro atoms. The third-order valence-corrected chi connectivity index (χ3v) is 3.53. The van der Waals surface area contributed by atoms with Crippen LogP contribution < -0.4 is 0 Å². The molecular formula is C13H20BrN3O2. The van der Waals surface area contributed by atoms with Gasteiger partial charge in [-0.2, -0.15) is 5.10 Å². The molecule has 2 heterocycles. The van der Waals surface area contributed by atoms with Gasteiger partial charge in [0.15, 0.2) is 0 Å². The van der Waals surface area contributed by atoms with Crippen molar-refractivity contribution in [3.05, 3.63) is 16.4 Å². The van der Waals surface area contributed by atoms with Gasteiger partial charge in [0, 0.05) is 0 Å². The van der Waals surface area contributed by atoms with Crippen LogP contribution in [0, 0.1) is 0 Å². The summed E-state index contributed by atoms with van der Waals surface area (Å²) in [6.45, 7) is 10.3. The highest BCUT2D eigenvalue weighted by molar-refractivity contribution is 9.10. The van der Waals surface area contributed by atoms with E-state index < -0.39 is 5.60 Å². The summed E-state index contributed by atoms with van der Waals surface area (Å²) in [4.78, 5) is 14.1. The summed E-state index contributed by atoms with van der Waals surface area (Å²) in [6, 6.07) is 1.97. The van der Waals surface area contributed by atoms with Gasteiger partial charge in [0.2, 0.25) is 0 Å². The standard InChI is InChI=1S/C13H20BrN3O2/c1-8-7-16-10(6-11(14)15-16)9(2)17(8)12(18)19-13(3,4)5/h6,8-9H,7H2,1-5H3/t8-,9-/m1/s1. The minimum absolute atomic E-state index is 0.0441. The Hall–Kier alpha value is -1.04. The van der Waals surface area contributed by atoms with E-state index in [1.165, 1.54) is 0 Å². The molecule has 1 aromatic heterocycles. The predicted octanol–water partition coefficient (Wildman–Crippen LogP) is 3.35. The minimum Gasteiger partial charge on any atom is -0.444 e. The van der Waals surface area contributed by atoms with Gasteiger partial charge in [-0.3, -0.25) is 9.58 Å². The predicted molar refractivity (Wildman–Crippen MR) is 75.9 cm³/mol. The number of hydrogen-bond donors (Lipinski definition) is 0. The van der Waals surface area contributed by atoms with E-state index in [4.69, 9.17) is 4.74 Å². The molecule has 1 aliphatic heterocycles. The SMILES string of the molecule is C[C@@H]1Cn2nc(Br)cc2[C@@H](C)N1C(=O)OC(C)(C)C. The maximum atomic E-state index is 12.3. The first-order valence-electron chi connectivity index (χ1n) is 6.43. The van der Waals surface area contributed by atoms with E-state index in [9.17, 15) is 4.79 Å². The molecule has 2 atom stereocenters. The van der Waals surface area contributed by atoms with Gasteiger partial charge in [-0.25, -0.2) is 4.79 Å². The number of ether oxygens (including phenoxy) is 1. The second-order valence-electron chi connectivity index (χ2n) is 5.99. The average molecular weight is 330 g/mol. The van der Waals surface area contributed by atoms with Crippen molar-refractivity contribution >= 4 is 22.0 Å². The molecule has 0 aromatic carbocycles. The Morgan fingerprint density at radius 2 is 2.11 bits per heavy atom. The number of halogens is 1. The van der Waals surface area contributed by atoms with E-state index in [0.29, 0.717) is 6.54 Å². The highest BCUT2D eigenvalue weighted by Crippen LogP contribution is 2.31. The fourth-order valence-electron chi connectivity index (χ4n) is 2.40. The zero-order valence-corrected chi connectivity index (χ0v) is 13.6. The van der Waals surface area contributed by atoms with Gasteiger partial charge >= 0.3 is 6.09 Å². The first-order chi connectivity index (χ1) is 8.69. The molecule has 0 fully saturated rings. The van der Waals surface area contributed by atoms with Gasteiger partial charge in [-0.05, 0) is 56.6 Å². The Morgan fingerprint density at radius 1 is 1.47 bits per heavy atom. The molecule has 1 aliphatic rings. The normalized spacial score (nSPS) is 23.2. The number of fused-ring (bicyclic) bond motifs is 1. The van der Waals surface area contributed by atoms with Crippen molar-refractivity contribution in [3.8, 4) is 0 Å². The number of carbonyl (C=O) groups excluding carboxylic acids is 1. The number of rotatable bonds is 0. The Morgan fingerprint density at radius 3 is 2.68 bits per heavy atom. The molecule has 0 unspecified atom stereocenters. The fourth-order valence-corrected chi connectivity index (χ4v) is 2.82. The Bertz CT molecular complexity index is 493. The van der Waals surface area contributed by atoms with Gasteiger partial charge in [-0.15, -0.1) is 0 Å². The summed E-state index contributed by atoms with van der Waals surface area (Å²) in [7, 11) is 0. The molecule has 0 saturated carbocycles. The highest BCUT2D eigenvalue weighted by Gasteiger charge is 2.36. The van der Waals surface area contributed by atoms with E-state index in [1.807, 2.05) is 45.4 Å². The molecule has 0 saturated heterocycles. The van der Waals surface area contributed by atoms with Gasteiger partial charge in [0.05, 0.1) is 24.3 Å². The monoisotopic (exact) mass is 329 g/mol. The molecule has 0 aliphatic carbocycles. The van der Waals surface area contributed by atoms with Crippen LogP contribution in [0.4, 0.5) is 4.79 Å². The van der Waals surface area contributed by atoms with Crippen molar-refractivity contribution < 1.29 is 9.53 Å². The molecule has 106 valence electrons. The van der Waals surface area contributed by atoms with Crippen LogP contribution in [0.5, 0.6) is 0 Å². The third-order valence-electron chi connectivity index (χ3n) is 3.14. The zero-order chi connectivity index (χ0) is 14.4. The van der Waals surface area contributed by atoms with E-state index in [2.05, 4.69) is 21.0 Å². The van der Waals surface area contributed by atoms with Crippen molar-refractivity contribution in [2.24, 2.45) is 0 Å². The van der Waals surface area contributed by atoms with Crippen LogP contribution in [0.25, 0.3) is 0 Å². The quantitative estimate of drug-likeness (QED) is 0.733. The highest BCUT2D eigenvalue weighted by atomic mass is 79.9. The van der Waals surface area contributed by atoms with Crippen molar-refractivity contribution in [3.63, 3.8) is 0 Å². The van der Waals surface area contributed by atoms with Crippen LogP contribution in [0.1, 0.15) is 46.4 Å². The zero-order valence-electron chi connectivity index (χ0n) is 12.0. The minimum atomic E-state index is -0.477. The van der Waals surface area contributed by atoms with Gasteiger partial charge in [-0.1, -0.05) is 0 Å². The number of aromatic nitrogens is 2. The summed E-state index contributed by atoms with van der Waals surface area (Å²) in [5.41, 5.74) is 0.547. The van der Waals surface area contributed by atoms with E-state index in [0.717, 1.165) is 10.3 Å². The van der Waals surface area contributed by atoms with Crippen molar-refractivity contribution in [1.82, 2.24) is 14.7 Å². The second-order valence-corrected chi connectivity index (χ2v) is 6.80. The van der Waals surface area contributed by atoms with Crippen LogP contribution in [0.15, 0.2) is 10.7 Å². The summed E-state index contributed by atoms with van der Waals surface area (Å²) in [5.74, 6) is 0. The average Bonchev–Trinajstić information content (AvgIpc) is 2.55. The topological polar surface area (TPSA) is 47.4 Å². The molecule has 1 amide bonds. The van der Waals surface area contributed by atoms with Gasteiger partial charge in [0.25, 0.3) is 0 Å². The van der Waals surface area contributed by atoms with Crippen molar-refractivity contribution in [2.45, 2.75) is 58.8 Å². The Kier molecular flexibility index (Phi) is 3.64. The van der Waals surface area contributed by atoms with Crippen LogP contribution >= 0.6 is 15.9 Å². The fraction of sp³-hybridized carbons (Fsp3) is 0.692. The van der Waals surface area contributed by atoms with E-state index in [-0.39, 0.29) is 18.2 Å². The smallest absolute Gasteiger partial charge is 0.411 e. The molecule has 5 nitrogen and oxygen atoms in total. The molecule has 2 rings (SSSR count). The van der Waals surface area contributed by atoms with Crippen LogP contribution in [0.3, 0.4) is 0 Å². The summed E-state index contributed by atoms with van der Waals surface area (Å²) < 4.78 is 8.23. The largest absolute Gasteiger partial charge is 0.444 e. The summed E-state index contributed by atoms with van der Waals surface area (Å²) in [5, 5.41) is 4.37. The first-order valence-corrected chi connectivity index (χ1v) is 7.23. The number of carbonyl (C=O) groups is 1. The summed E-state index contributed by atoms with van der Waals surface area (Å²) in [6.07, 6.45) is -0.268. The molecule has 0 N–H and O–H groups in total. The number of nitrogens with zero attached hydrogens (tertiary/aromatic N) is 3. The maximum absolute atomic E-state index is 12.3. The molecule has 6 heteroatoms. The maximum Gasteiger partial charge on any atom is 0.411 e. The van der Waals surface area contributed by atoms with Crippen LogP contribution in [0.2, 0.25) is 0 Å². The Labute approximate surface area is 122 Å². The lowest BCUT2D eigenvalue weighted by Crippen LogP contribution is -2.48. The van der Waals surface area contributed by atoms with Gasteiger partial charge in [0.1, 0.15) is 10.2 Å². The first kappa shape index (κ1) is 14.4. The van der Waals surface area contributed by atoms with Crippen molar-refractivity contribution in [1.29, 1.82) is 0 Å². The Balaban J connectivity index is 2.25. The van der Waals surface area contributed by atoms with Gasteiger partial charge < -0.3 is 4.74 Å². The molecular weight excluding hydrogens is 310 g/mol. The summed E-state index contributed by atoms with van der Waals surface area (Å²) >= 11 is 3.38.